The predicted octanol–water partition coefficient (Wildman–Crippen LogP) is 6.63. The van der Waals surface area contributed by atoms with E-state index in [-0.39, 0.29) is 34.7 Å². The largest absolute Gasteiger partial charge is 0.408 e. The highest BCUT2D eigenvalue weighted by Gasteiger charge is 2.47. The van der Waals surface area contributed by atoms with E-state index in [1.54, 1.807) is 0 Å². The molecule has 9 heteroatoms. The summed E-state index contributed by atoms with van der Waals surface area (Å²) in [5, 5.41) is 0. The minimum absolute atomic E-state index is 0.00262. The molecule has 0 spiro atoms. The topological polar surface area (TPSA) is 49.4 Å². The Bertz CT molecular complexity index is 1350. The molecule has 0 bridgehead atoms. The Morgan fingerprint density at radius 2 is 1.59 bits per heavy atom. The van der Waals surface area contributed by atoms with E-state index >= 15 is 0 Å². The average Bonchev–Trinajstić information content (AvgIpc) is 2.82. The lowest BCUT2D eigenvalue weighted by Crippen LogP contribution is -2.44. The molecule has 1 aliphatic rings. The summed E-state index contributed by atoms with van der Waals surface area (Å²) in [5.74, 6) is -0.513. The molecule has 0 radical (unpaired) electrons. The monoisotopic (exact) mass is 534 g/mol. The van der Waals surface area contributed by atoms with Gasteiger partial charge in [-0.2, -0.15) is 13.2 Å². The molecule has 4 nitrogen and oxygen atoms in total. The average molecular weight is 535 g/mol. The van der Waals surface area contributed by atoms with Crippen molar-refractivity contribution in [2.24, 2.45) is 0 Å². The molecule has 198 valence electrons. The smallest absolute Gasteiger partial charge is 0.288 e. The van der Waals surface area contributed by atoms with Crippen LogP contribution in [0.3, 0.4) is 0 Å². The third kappa shape index (κ3) is 6.33. The third-order valence-corrected chi connectivity index (χ3v) is 8.05. The quantitative estimate of drug-likeness (QED) is 0.361. The van der Waals surface area contributed by atoms with Gasteiger partial charge in [-0.1, -0.05) is 51.1 Å². The van der Waals surface area contributed by atoms with Gasteiger partial charge in [0.05, 0.1) is 4.90 Å². The first kappa shape index (κ1) is 27.1. The molecule has 0 amide bonds. The van der Waals surface area contributed by atoms with Crippen LogP contribution in [-0.2, 0) is 28.3 Å². The fourth-order valence-electron chi connectivity index (χ4n) is 4.62. The summed E-state index contributed by atoms with van der Waals surface area (Å²) in [5.41, 5.74) is 2.72. The summed E-state index contributed by atoms with van der Waals surface area (Å²) in [7, 11) is -4.05. The van der Waals surface area contributed by atoms with Gasteiger partial charge in [0.25, 0.3) is 10.0 Å². The van der Waals surface area contributed by atoms with Crippen molar-refractivity contribution in [3.63, 3.8) is 0 Å². The van der Waals surface area contributed by atoms with Crippen LogP contribution in [0.4, 0.5) is 23.2 Å². The van der Waals surface area contributed by atoms with Crippen LogP contribution in [0.2, 0.25) is 0 Å². The lowest BCUT2D eigenvalue weighted by atomic mass is 9.86. The van der Waals surface area contributed by atoms with Gasteiger partial charge in [0.15, 0.2) is 0 Å². The van der Waals surface area contributed by atoms with Gasteiger partial charge in [0, 0.05) is 18.8 Å². The van der Waals surface area contributed by atoms with Gasteiger partial charge in [-0.25, -0.2) is 12.8 Å². The van der Waals surface area contributed by atoms with Gasteiger partial charge in [0.2, 0.25) is 0 Å². The second kappa shape index (κ2) is 10.1. The van der Waals surface area contributed by atoms with Gasteiger partial charge in [-0.15, -0.1) is 0 Å². The van der Waals surface area contributed by atoms with Crippen LogP contribution in [0.25, 0.3) is 0 Å². The summed E-state index contributed by atoms with van der Waals surface area (Å²) in [6, 6.07) is 14.7. The van der Waals surface area contributed by atoms with Crippen molar-refractivity contribution in [3.05, 3.63) is 94.8 Å². The standard InChI is InChI=1S/C28H30F4N2O2S/c1-27(2,3)21-6-4-19(5-7-21)14-16-34-17-15-20-18-24(12-13-25(20)26(34)28(30,31)32)37(35,36)33-23-10-8-22(29)9-11-23/h4-13,18,26,33H,14-17H2,1-3H3. The number of hydrogen-bond acceptors (Lipinski definition) is 3. The molecule has 0 aliphatic carbocycles. The van der Waals surface area contributed by atoms with Gasteiger partial charge in [-0.3, -0.25) is 9.62 Å². The van der Waals surface area contributed by atoms with Crippen molar-refractivity contribution in [3.8, 4) is 0 Å². The summed E-state index contributed by atoms with van der Waals surface area (Å²) in [6.45, 7) is 6.71. The zero-order valence-corrected chi connectivity index (χ0v) is 21.8. The molecule has 3 aromatic carbocycles. The highest BCUT2D eigenvalue weighted by atomic mass is 32.2. The first-order chi connectivity index (χ1) is 17.2. The molecule has 0 saturated heterocycles. The maximum Gasteiger partial charge on any atom is 0.408 e. The Morgan fingerprint density at radius 3 is 2.19 bits per heavy atom. The fourth-order valence-corrected chi connectivity index (χ4v) is 5.73. The van der Waals surface area contributed by atoms with E-state index in [0.29, 0.717) is 18.4 Å². The van der Waals surface area contributed by atoms with E-state index in [1.807, 2.05) is 24.3 Å². The molecule has 1 aliphatic heterocycles. The van der Waals surface area contributed by atoms with Crippen LogP contribution in [0.1, 0.15) is 49.1 Å². The Morgan fingerprint density at radius 1 is 0.946 bits per heavy atom. The number of benzene rings is 3. The zero-order chi connectivity index (χ0) is 27.0. The molecule has 0 fully saturated rings. The lowest BCUT2D eigenvalue weighted by molar-refractivity contribution is -0.188. The maximum atomic E-state index is 14.2. The number of alkyl halides is 3. The molecular formula is C28H30F4N2O2S. The first-order valence-corrected chi connectivity index (χ1v) is 13.5. The number of halogens is 4. The highest BCUT2D eigenvalue weighted by molar-refractivity contribution is 7.92. The van der Waals surface area contributed by atoms with Crippen molar-refractivity contribution in [2.45, 2.75) is 56.1 Å². The second-order valence-electron chi connectivity index (χ2n) is 10.4. The molecule has 1 unspecified atom stereocenters. The van der Waals surface area contributed by atoms with Gasteiger partial charge >= 0.3 is 6.18 Å². The number of nitrogens with one attached hydrogen (secondary N) is 1. The number of nitrogens with zero attached hydrogens (tertiary/aromatic N) is 1. The van der Waals surface area contributed by atoms with Crippen LogP contribution in [0.5, 0.6) is 0 Å². The highest BCUT2D eigenvalue weighted by Crippen LogP contribution is 2.42. The number of anilines is 1. The summed E-state index contributed by atoms with van der Waals surface area (Å²) in [6.07, 6.45) is -3.75. The fraction of sp³-hybridized carbons (Fsp3) is 0.357. The van der Waals surface area contributed by atoms with E-state index in [1.165, 1.54) is 35.2 Å². The number of hydrogen-bond donors (Lipinski definition) is 1. The maximum absolute atomic E-state index is 14.2. The SMILES string of the molecule is CC(C)(C)c1ccc(CCN2CCc3cc(S(=O)(=O)Nc4ccc(F)cc4)ccc3C2C(F)(F)F)cc1. The van der Waals surface area contributed by atoms with E-state index in [2.05, 4.69) is 25.5 Å². The molecule has 1 atom stereocenters. The Hall–Kier alpha value is -2.91. The van der Waals surface area contributed by atoms with Crippen LogP contribution >= 0.6 is 0 Å². The molecule has 1 heterocycles. The van der Waals surface area contributed by atoms with Gasteiger partial charge in [0.1, 0.15) is 11.9 Å². The van der Waals surface area contributed by atoms with E-state index in [0.717, 1.165) is 23.3 Å². The van der Waals surface area contributed by atoms with Gasteiger partial charge < -0.3 is 0 Å². The Balaban J connectivity index is 1.54. The third-order valence-electron chi connectivity index (χ3n) is 6.67. The van der Waals surface area contributed by atoms with Crippen molar-refractivity contribution in [2.75, 3.05) is 17.8 Å². The summed E-state index contributed by atoms with van der Waals surface area (Å²) in [4.78, 5) is 1.29. The van der Waals surface area contributed by atoms with Crippen molar-refractivity contribution >= 4 is 15.7 Å². The van der Waals surface area contributed by atoms with E-state index in [4.69, 9.17) is 0 Å². The van der Waals surface area contributed by atoms with Crippen LogP contribution in [0.15, 0.2) is 71.6 Å². The second-order valence-corrected chi connectivity index (χ2v) is 12.1. The summed E-state index contributed by atoms with van der Waals surface area (Å²) >= 11 is 0. The van der Waals surface area contributed by atoms with Crippen LogP contribution in [0, 0.1) is 5.82 Å². The molecular weight excluding hydrogens is 504 g/mol. The van der Waals surface area contributed by atoms with E-state index in [9.17, 15) is 26.0 Å². The molecule has 37 heavy (non-hydrogen) atoms. The van der Waals surface area contributed by atoms with Crippen molar-refractivity contribution in [1.82, 2.24) is 4.90 Å². The summed E-state index contributed by atoms with van der Waals surface area (Å²) < 4.78 is 83.8. The molecule has 1 N–H and O–H groups in total. The number of rotatable bonds is 6. The number of sulfonamides is 1. The Labute approximate surface area is 215 Å². The van der Waals surface area contributed by atoms with Crippen molar-refractivity contribution in [1.29, 1.82) is 0 Å². The van der Waals surface area contributed by atoms with Crippen LogP contribution < -0.4 is 4.72 Å². The normalized spacial score (nSPS) is 16.9. The lowest BCUT2D eigenvalue weighted by Gasteiger charge is -2.38. The first-order valence-electron chi connectivity index (χ1n) is 12.1. The minimum atomic E-state index is -4.52. The number of fused-ring (bicyclic) bond motifs is 1. The van der Waals surface area contributed by atoms with E-state index < -0.39 is 28.1 Å². The molecule has 4 rings (SSSR count). The molecule has 0 saturated carbocycles. The van der Waals surface area contributed by atoms with Crippen molar-refractivity contribution < 1.29 is 26.0 Å². The Kier molecular flexibility index (Phi) is 7.41. The molecule has 0 aromatic heterocycles. The van der Waals surface area contributed by atoms with Gasteiger partial charge in [-0.05, 0) is 76.9 Å². The van der Waals surface area contributed by atoms with Crippen LogP contribution in [-0.4, -0.2) is 32.6 Å². The zero-order valence-electron chi connectivity index (χ0n) is 20.9. The minimum Gasteiger partial charge on any atom is -0.288 e. The molecule has 3 aromatic rings. The predicted molar refractivity (Wildman–Crippen MR) is 137 cm³/mol.